The molecule has 0 bridgehead atoms. The van der Waals surface area contributed by atoms with Crippen LogP contribution in [0.25, 0.3) is 0 Å². The first-order valence-corrected chi connectivity index (χ1v) is 7.21. The highest BCUT2D eigenvalue weighted by Crippen LogP contribution is 2.21. The van der Waals surface area contributed by atoms with Gasteiger partial charge in [0.2, 0.25) is 10.0 Å². The Morgan fingerprint density at radius 2 is 2.11 bits per heavy atom. The Morgan fingerprint density at radius 1 is 1.44 bits per heavy atom. The number of aliphatic hydroxyl groups excluding tert-OH is 1. The van der Waals surface area contributed by atoms with Crippen LogP contribution in [-0.4, -0.2) is 33.3 Å². The molecule has 0 heterocycles. The molecule has 18 heavy (non-hydrogen) atoms. The fraction of sp³-hybridized carbons (Fsp3) is 0.500. The normalized spacial score (nSPS) is 13.3. The van der Waals surface area contributed by atoms with Gasteiger partial charge in [-0.25, -0.2) is 13.1 Å². The van der Waals surface area contributed by atoms with E-state index in [-0.39, 0.29) is 11.4 Å². The molecule has 0 radical (unpaired) electrons. The van der Waals surface area contributed by atoms with Gasteiger partial charge in [0.05, 0.1) is 18.1 Å². The van der Waals surface area contributed by atoms with Crippen LogP contribution in [0.4, 0.5) is 0 Å². The van der Waals surface area contributed by atoms with E-state index in [1.54, 1.807) is 26.0 Å². The minimum Gasteiger partial charge on any atom is -0.496 e. The van der Waals surface area contributed by atoms with Gasteiger partial charge in [0.1, 0.15) is 5.75 Å². The van der Waals surface area contributed by atoms with Crippen LogP contribution in [0.1, 0.15) is 18.9 Å². The largest absolute Gasteiger partial charge is 0.496 e. The van der Waals surface area contributed by atoms with Gasteiger partial charge in [0.25, 0.3) is 0 Å². The van der Waals surface area contributed by atoms with Crippen LogP contribution in [0.2, 0.25) is 0 Å². The number of aliphatic hydroxyl groups is 1. The Hall–Kier alpha value is -1.11. The van der Waals surface area contributed by atoms with E-state index < -0.39 is 16.1 Å². The molecular weight excluding hydrogens is 254 g/mol. The Balaban J connectivity index is 2.88. The highest BCUT2D eigenvalue weighted by Gasteiger charge is 2.16. The van der Waals surface area contributed by atoms with Crippen molar-refractivity contribution in [1.29, 1.82) is 0 Å². The number of hydrogen-bond donors (Lipinski definition) is 2. The number of benzene rings is 1. The minimum atomic E-state index is -3.58. The average molecular weight is 273 g/mol. The molecule has 1 rings (SSSR count). The Kier molecular flexibility index (Phi) is 5.13. The first kappa shape index (κ1) is 14.9. The van der Waals surface area contributed by atoms with Crippen molar-refractivity contribution in [1.82, 2.24) is 4.72 Å². The predicted octanol–water partition coefficient (Wildman–Crippen LogP) is 1.05. The van der Waals surface area contributed by atoms with Crippen LogP contribution in [0.5, 0.6) is 5.75 Å². The van der Waals surface area contributed by atoms with Gasteiger partial charge in [-0.1, -0.05) is 6.92 Å². The Bertz CT molecular complexity index is 499. The molecule has 0 aliphatic heterocycles. The van der Waals surface area contributed by atoms with E-state index >= 15 is 0 Å². The second-order valence-electron chi connectivity index (χ2n) is 4.05. The van der Waals surface area contributed by atoms with E-state index in [0.717, 1.165) is 5.56 Å². The summed E-state index contributed by atoms with van der Waals surface area (Å²) in [5.74, 6) is 0.641. The summed E-state index contributed by atoms with van der Waals surface area (Å²) in [5, 5.41) is 9.36. The number of nitrogens with one attached hydrogen (secondary N) is 1. The molecule has 6 heteroatoms. The van der Waals surface area contributed by atoms with Gasteiger partial charge in [-0.3, -0.25) is 0 Å². The van der Waals surface area contributed by atoms with Crippen molar-refractivity contribution in [3.05, 3.63) is 23.8 Å². The van der Waals surface area contributed by atoms with Crippen LogP contribution in [0.3, 0.4) is 0 Å². The summed E-state index contributed by atoms with van der Waals surface area (Å²) in [6.07, 6.45) is -0.163. The van der Waals surface area contributed by atoms with E-state index in [0.29, 0.717) is 12.2 Å². The standard InChI is InChI=1S/C12H19NO4S/c1-4-10(14)8-13-18(15,16)11-5-6-12(17-3)9(2)7-11/h5-7,10,13-14H,4,8H2,1-3H3. The smallest absolute Gasteiger partial charge is 0.240 e. The summed E-state index contributed by atoms with van der Waals surface area (Å²) < 4.78 is 31.3. The van der Waals surface area contributed by atoms with Crippen molar-refractivity contribution < 1.29 is 18.3 Å². The van der Waals surface area contributed by atoms with Crippen molar-refractivity contribution in [3.8, 4) is 5.75 Å². The van der Waals surface area contributed by atoms with Gasteiger partial charge in [0, 0.05) is 6.54 Å². The predicted molar refractivity (Wildman–Crippen MR) is 69.2 cm³/mol. The molecule has 0 aliphatic carbocycles. The molecule has 0 fully saturated rings. The summed E-state index contributed by atoms with van der Waals surface area (Å²) in [4.78, 5) is 0.170. The maximum atomic E-state index is 11.9. The van der Waals surface area contributed by atoms with Gasteiger partial charge < -0.3 is 9.84 Å². The van der Waals surface area contributed by atoms with Crippen LogP contribution in [0.15, 0.2) is 23.1 Å². The Labute approximate surface area is 108 Å². The lowest BCUT2D eigenvalue weighted by Gasteiger charge is -2.11. The molecule has 1 unspecified atom stereocenters. The fourth-order valence-corrected chi connectivity index (χ4v) is 2.61. The number of ether oxygens (including phenoxy) is 1. The first-order chi connectivity index (χ1) is 8.40. The quantitative estimate of drug-likeness (QED) is 0.812. The molecule has 0 amide bonds. The highest BCUT2D eigenvalue weighted by molar-refractivity contribution is 7.89. The van der Waals surface area contributed by atoms with Gasteiger partial charge in [-0.2, -0.15) is 0 Å². The summed E-state index contributed by atoms with van der Waals surface area (Å²) >= 11 is 0. The monoisotopic (exact) mass is 273 g/mol. The third kappa shape index (κ3) is 3.69. The number of sulfonamides is 1. The van der Waals surface area contributed by atoms with Gasteiger partial charge >= 0.3 is 0 Å². The van der Waals surface area contributed by atoms with Crippen LogP contribution < -0.4 is 9.46 Å². The first-order valence-electron chi connectivity index (χ1n) is 5.73. The summed E-state index contributed by atoms with van der Waals surface area (Å²) in [6.45, 7) is 3.58. The second-order valence-corrected chi connectivity index (χ2v) is 5.81. The van der Waals surface area contributed by atoms with Crippen molar-refractivity contribution in [2.75, 3.05) is 13.7 Å². The van der Waals surface area contributed by atoms with Crippen molar-refractivity contribution in [2.24, 2.45) is 0 Å². The van der Waals surface area contributed by atoms with Gasteiger partial charge in [0.15, 0.2) is 0 Å². The summed E-state index contributed by atoms with van der Waals surface area (Å²) in [7, 11) is -2.04. The molecule has 0 aliphatic rings. The maximum Gasteiger partial charge on any atom is 0.240 e. The van der Waals surface area contributed by atoms with Crippen molar-refractivity contribution in [2.45, 2.75) is 31.3 Å². The lowest BCUT2D eigenvalue weighted by Crippen LogP contribution is -2.31. The van der Waals surface area contributed by atoms with E-state index in [1.807, 2.05) is 0 Å². The number of hydrogen-bond acceptors (Lipinski definition) is 4. The fourth-order valence-electron chi connectivity index (χ4n) is 1.45. The molecular formula is C12H19NO4S. The topological polar surface area (TPSA) is 75.6 Å². The van der Waals surface area contributed by atoms with E-state index in [4.69, 9.17) is 4.74 Å². The van der Waals surface area contributed by atoms with Crippen molar-refractivity contribution in [3.63, 3.8) is 0 Å². The minimum absolute atomic E-state index is 0.0178. The lowest BCUT2D eigenvalue weighted by atomic mass is 10.2. The number of methoxy groups -OCH3 is 1. The van der Waals surface area contributed by atoms with Crippen LogP contribution in [0, 0.1) is 6.92 Å². The third-order valence-corrected chi connectivity index (χ3v) is 4.08. The van der Waals surface area contributed by atoms with Crippen LogP contribution >= 0.6 is 0 Å². The summed E-state index contributed by atoms with van der Waals surface area (Å²) in [6, 6.07) is 4.63. The highest BCUT2D eigenvalue weighted by atomic mass is 32.2. The van der Waals surface area contributed by atoms with Crippen molar-refractivity contribution >= 4 is 10.0 Å². The maximum absolute atomic E-state index is 11.9. The van der Waals surface area contributed by atoms with E-state index in [1.165, 1.54) is 13.2 Å². The van der Waals surface area contributed by atoms with Gasteiger partial charge in [-0.15, -0.1) is 0 Å². The SMILES string of the molecule is CCC(O)CNS(=O)(=O)c1ccc(OC)c(C)c1. The molecule has 5 nitrogen and oxygen atoms in total. The molecule has 0 spiro atoms. The zero-order valence-electron chi connectivity index (χ0n) is 10.8. The molecule has 1 aromatic carbocycles. The number of rotatable bonds is 6. The zero-order valence-corrected chi connectivity index (χ0v) is 11.6. The lowest BCUT2D eigenvalue weighted by molar-refractivity contribution is 0.174. The molecule has 2 N–H and O–H groups in total. The molecule has 0 saturated carbocycles. The average Bonchev–Trinajstić information content (AvgIpc) is 2.35. The van der Waals surface area contributed by atoms with E-state index in [9.17, 15) is 13.5 Å². The van der Waals surface area contributed by atoms with Gasteiger partial charge in [-0.05, 0) is 37.1 Å². The molecule has 0 aromatic heterocycles. The number of aryl methyl sites for hydroxylation is 1. The summed E-state index contributed by atoms with van der Waals surface area (Å²) in [5.41, 5.74) is 0.747. The molecule has 1 aromatic rings. The molecule has 0 saturated heterocycles. The molecule has 102 valence electrons. The second kappa shape index (κ2) is 6.17. The van der Waals surface area contributed by atoms with Crippen LogP contribution in [-0.2, 0) is 10.0 Å². The molecule has 1 atom stereocenters. The zero-order chi connectivity index (χ0) is 13.8. The Morgan fingerprint density at radius 3 is 2.61 bits per heavy atom. The van der Waals surface area contributed by atoms with E-state index in [2.05, 4.69) is 4.72 Å². The third-order valence-electron chi connectivity index (χ3n) is 2.66.